The number of nitrogens with zero attached hydrogens (tertiary/aromatic N) is 1. The van der Waals surface area contributed by atoms with Crippen LogP contribution in [0.4, 0.5) is 5.69 Å². The van der Waals surface area contributed by atoms with E-state index in [1.807, 2.05) is 61.5 Å². The number of carbonyl (C=O) groups is 1. The van der Waals surface area contributed by atoms with Gasteiger partial charge in [-0.15, -0.1) is 0 Å². The van der Waals surface area contributed by atoms with Crippen molar-refractivity contribution in [1.82, 2.24) is 4.68 Å². The van der Waals surface area contributed by atoms with E-state index in [4.69, 9.17) is 4.74 Å². The van der Waals surface area contributed by atoms with Crippen LogP contribution in [-0.4, -0.2) is 22.9 Å². The Kier molecular flexibility index (Phi) is 5.05. The van der Waals surface area contributed by atoms with Gasteiger partial charge in [0.1, 0.15) is 11.0 Å². The molecule has 3 aromatic rings. The third kappa shape index (κ3) is 3.60. The molecule has 1 aromatic heterocycles. The normalized spacial score (nSPS) is 18.1. The molecule has 2 heterocycles. The summed E-state index contributed by atoms with van der Waals surface area (Å²) in [6, 6.07) is 19.7. The number of rotatable bonds is 4. The molecule has 0 unspecified atom stereocenters. The smallest absolute Gasteiger partial charge is 0.240 e. The van der Waals surface area contributed by atoms with Crippen LogP contribution in [-0.2, 0) is 4.79 Å². The summed E-state index contributed by atoms with van der Waals surface area (Å²) in [4.78, 5) is 13.2. The minimum absolute atomic E-state index is 0.0194. The number of hydrogen-bond acceptors (Lipinski definition) is 4. The van der Waals surface area contributed by atoms with Gasteiger partial charge in [-0.3, -0.25) is 9.47 Å². The highest BCUT2D eigenvalue weighted by molar-refractivity contribution is 8.00. The second-order valence-corrected chi connectivity index (χ2v) is 8.09. The number of benzene rings is 2. The van der Waals surface area contributed by atoms with Gasteiger partial charge in [0.15, 0.2) is 0 Å². The Hall–Kier alpha value is -2.86. The number of anilines is 1. The molecular weight excluding hydrogens is 370 g/mol. The van der Waals surface area contributed by atoms with Gasteiger partial charge in [0.25, 0.3) is 0 Å². The predicted molar refractivity (Wildman–Crippen MR) is 114 cm³/mol. The Bertz CT molecular complexity index is 997. The molecule has 0 bridgehead atoms. The first-order valence-electron chi connectivity index (χ1n) is 9.18. The fraction of sp³-hybridized carbons (Fsp3) is 0.227. The summed E-state index contributed by atoms with van der Waals surface area (Å²) >= 11 is 1.58. The van der Waals surface area contributed by atoms with E-state index in [0.717, 1.165) is 33.3 Å². The molecule has 0 fully saturated rings. The lowest BCUT2D eigenvalue weighted by Gasteiger charge is -2.34. The minimum atomic E-state index is -0.310. The summed E-state index contributed by atoms with van der Waals surface area (Å²) in [5.74, 6) is 0.778. The third-order valence-corrected chi connectivity index (χ3v) is 6.18. The van der Waals surface area contributed by atoms with Crippen LogP contribution in [0.5, 0.6) is 5.75 Å². The number of thioether (sulfide) groups is 1. The highest BCUT2D eigenvalue weighted by Crippen LogP contribution is 2.39. The van der Waals surface area contributed by atoms with E-state index in [2.05, 4.69) is 28.4 Å². The first-order chi connectivity index (χ1) is 13.5. The summed E-state index contributed by atoms with van der Waals surface area (Å²) in [7, 11) is 1.65. The van der Waals surface area contributed by atoms with Crippen LogP contribution in [0.3, 0.4) is 0 Å². The molecule has 2 atom stereocenters. The number of fused-ring (bicyclic) bond motifs is 1. The number of amides is 1. The topological polar surface area (TPSA) is 55.3 Å². The SMILES string of the molecule is COc1ccc([C@H]2Nn3c(C)ccc3S[C@@H]2C(=O)Nc2cccc(C)c2)cc1. The van der Waals surface area contributed by atoms with Gasteiger partial charge in [-0.25, -0.2) is 0 Å². The Morgan fingerprint density at radius 2 is 1.89 bits per heavy atom. The molecule has 144 valence electrons. The Morgan fingerprint density at radius 1 is 1.11 bits per heavy atom. The highest BCUT2D eigenvalue weighted by Gasteiger charge is 2.36. The Morgan fingerprint density at radius 3 is 2.61 bits per heavy atom. The molecule has 0 saturated carbocycles. The fourth-order valence-corrected chi connectivity index (χ4v) is 4.61. The second kappa shape index (κ2) is 7.64. The van der Waals surface area contributed by atoms with Crippen molar-refractivity contribution in [1.29, 1.82) is 0 Å². The van der Waals surface area contributed by atoms with Crippen molar-refractivity contribution in [2.24, 2.45) is 0 Å². The van der Waals surface area contributed by atoms with E-state index in [9.17, 15) is 4.79 Å². The number of methoxy groups -OCH3 is 1. The van der Waals surface area contributed by atoms with Gasteiger partial charge >= 0.3 is 0 Å². The van der Waals surface area contributed by atoms with Gasteiger partial charge in [-0.2, -0.15) is 0 Å². The molecular formula is C22H23N3O2S. The summed E-state index contributed by atoms with van der Waals surface area (Å²) < 4.78 is 7.33. The van der Waals surface area contributed by atoms with E-state index in [0.29, 0.717) is 0 Å². The first kappa shape index (κ1) is 18.5. The zero-order valence-corrected chi connectivity index (χ0v) is 16.9. The Balaban J connectivity index is 1.65. The third-order valence-electron chi connectivity index (χ3n) is 4.88. The van der Waals surface area contributed by atoms with Crippen molar-refractivity contribution in [3.05, 3.63) is 77.5 Å². The van der Waals surface area contributed by atoms with Crippen molar-refractivity contribution in [3.8, 4) is 5.75 Å². The average Bonchev–Trinajstić information content (AvgIpc) is 3.07. The molecule has 1 aliphatic heterocycles. The van der Waals surface area contributed by atoms with E-state index in [1.54, 1.807) is 18.9 Å². The number of aryl methyl sites for hydroxylation is 2. The van der Waals surface area contributed by atoms with Crippen molar-refractivity contribution in [3.63, 3.8) is 0 Å². The van der Waals surface area contributed by atoms with Crippen LogP contribution >= 0.6 is 11.8 Å². The van der Waals surface area contributed by atoms with Gasteiger partial charge in [0, 0.05) is 11.4 Å². The molecule has 0 spiro atoms. The van der Waals surface area contributed by atoms with Crippen molar-refractivity contribution in [2.75, 3.05) is 17.9 Å². The van der Waals surface area contributed by atoms with Gasteiger partial charge in [0.2, 0.25) is 5.91 Å². The summed E-state index contributed by atoms with van der Waals surface area (Å²) in [6.07, 6.45) is 0. The zero-order chi connectivity index (χ0) is 19.7. The molecule has 2 aromatic carbocycles. The zero-order valence-electron chi connectivity index (χ0n) is 16.1. The van der Waals surface area contributed by atoms with Crippen molar-refractivity contribution < 1.29 is 9.53 Å². The summed E-state index contributed by atoms with van der Waals surface area (Å²) in [5.41, 5.74) is 7.60. The van der Waals surface area contributed by atoms with Crippen LogP contribution in [0, 0.1) is 13.8 Å². The van der Waals surface area contributed by atoms with Gasteiger partial charge < -0.3 is 15.5 Å². The standard InChI is InChI=1S/C22H23N3O2S/c1-14-5-4-6-17(13-14)23-22(26)21-20(16-8-10-18(27-3)11-9-16)24-25-15(2)7-12-19(25)28-21/h4-13,20-21,24H,1-3H3,(H,23,26)/t20-,21+/m1/s1. The fourth-order valence-electron chi connectivity index (χ4n) is 3.38. The maximum atomic E-state index is 13.2. The molecule has 0 aliphatic carbocycles. The number of carbonyl (C=O) groups excluding carboxylic acids is 1. The Labute approximate surface area is 169 Å². The van der Waals surface area contributed by atoms with E-state index in [-0.39, 0.29) is 17.2 Å². The first-order valence-corrected chi connectivity index (χ1v) is 10.1. The lowest BCUT2D eigenvalue weighted by molar-refractivity contribution is -0.116. The van der Waals surface area contributed by atoms with Crippen molar-refractivity contribution >= 4 is 23.4 Å². The molecule has 28 heavy (non-hydrogen) atoms. The minimum Gasteiger partial charge on any atom is -0.497 e. The molecule has 0 saturated heterocycles. The molecule has 4 rings (SSSR count). The van der Waals surface area contributed by atoms with Crippen molar-refractivity contribution in [2.45, 2.75) is 30.2 Å². The predicted octanol–water partition coefficient (Wildman–Crippen LogP) is 4.51. The van der Waals surface area contributed by atoms with Crippen LogP contribution in [0.25, 0.3) is 0 Å². The molecule has 5 nitrogen and oxygen atoms in total. The van der Waals surface area contributed by atoms with Crippen LogP contribution in [0.15, 0.2) is 65.7 Å². The highest BCUT2D eigenvalue weighted by atomic mass is 32.2. The largest absolute Gasteiger partial charge is 0.497 e. The van der Waals surface area contributed by atoms with Crippen LogP contribution in [0.2, 0.25) is 0 Å². The van der Waals surface area contributed by atoms with Crippen LogP contribution in [0.1, 0.15) is 22.9 Å². The summed E-state index contributed by atoms with van der Waals surface area (Å²) in [5, 5.41) is 3.80. The van der Waals surface area contributed by atoms with E-state index >= 15 is 0 Å². The maximum Gasteiger partial charge on any atom is 0.240 e. The lowest BCUT2D eigenvalue weighted by atomic mass is 10.0. The second-order valence-electron chi connectivity index (χ2n) is 6.93. The number of aromatic nitrogens is 1. The number of ether oxygens (including phenoxy) is 1. The quantitative estimate of drug-likeness (QED) is 0.685. The number of hydrogen-bond donors (Lipinski definition) is 2. The summed E-state index contributed by atoms with van der Waals surface area (Å²) in [6.45, 7) is 4.07. The van der Waals surface area contributed by atoms with E-state index in [1.165, 1.54) is 0 Å². The van der Waals surface area contributed by atoms with Crippen LogP contribution < -0.4 is 15.5 Å². The monoisotopic (exact) mass is 393 g/mol. The molecule has 1 amide bonds. The molecule has 1 aliphatic rings. The maximum absolute atomic E-state index is 13.2. The number of nitrogens with one attached hydrogen (secondary N) is 2. The molecule has 0 radical (unpaired) electrons. The molecule has 6 heteroatoms. The average molecular weight is 394 g/mol. The van der Waals surface area contributed by atoms with Gasteiger partial charge in [-0.05, 0) is 61.4 Å². The molecule has 2 N–H and O–H groups in total. The lowest BCUT2D eigenvalue weighted by Crippen LogP contribution is -2.41. The van der Waals surface area contributed by atoms with Gasteiger partial charge in [0.05, 0.1) is 18.2 Å². The van der Waals surface area contributed by atoms with E-state index < -0.39 is 0 Å². The van der Waals surface area contributed by atoms with Gasteiger partial charge in [-0.1, -0.05) is 36.0 Å².